The number of carbonyl (C=O) groups is 3. The van der Waals surface area contributed by atoms with Crippen molar-refractivity contribution in [3.05, 3.63) is 41.0 Å². The van der Waals surface area contributed by atoms with Crippen molar-refractivity contribution >= 4 is 29.1 Å². The number of carbonyl (C=O) groups excluding carboxylic acids is 3. The summed E-state index contributed by atoms with van der Waals surface area (Å²) < 4.78 is 0. The summed E-state index contributed by atoms with van der Waals surface area (Å²) in [5.41, 5.74) is 4.26. The maximum absolute atomic E-state index is 13.5. The summed E-state index contributed by atoms with van der Waals surface area (Å²) in [4.78, 5) is 45.6. The molecule has 3 N–H and O–H groups in total. The molecule has 0 aliphatic carbocycles. The lowest BCUT2D eigenvalue weighted by molar-refractivity contribution is -0.144. The zero-order valence-electron chi connectivity index (χ0n) is 21.3. The molecular weight excluding hydrogens is 464 g/mol. The summed E-state index contributed by atoms with van der Waals surface area (Å²) in [6, 6.07) is 6.09. The minimum atomic E-state index is -0.803. The molecule has 2 aromatic rings. The maximum Gasteiger partial charge on any atom is 0.246 e. The van der Waals surface area contributed by atoms with Crippen LogP contribution in [0, 0.1) is 12.3 Å². The van der Waals surface area contributed by atoms with E-state index < -0.39 is 23.6 Å². The molecule has 0 unspecified atom stereocenters. The molecule has 1 aromatic heterocycles. The average molecular weight is 501 g/mol. The highest BCUT2D eigenvalue weighted by Crippen LogP contribution is 2.29. The number of aromatic nitrogens is 1. The minimum absolute atomic E-state index is 0.0583. The molecule has 190 valence electrons. The lowest BCUT2D eigenvalue weighted by Crippen LogP contribution is -2.57. The Morgan fingerprint density at radius 3 is 2.40 bits per heavy atom. The fourth-order valence-corrected chi connectivity index (χ4v) is 5.09. The Labute approximate surface area is 211 Å². The Balaban J connectivity index is 1.73. The van der Waals surface area contributed by atoms with E-state index in [-0.39, 0.29) is 43.1 Å². The van der Waals surface area contributed by atoms with Gasteiger partial charge in [0.05, 0.1) is 28.2 Å². The fraction of sp³-hybridized carbons (Fsp3) is 0.538. The summed E-state index contributed by atoms with van der Waals surface area (Å²) in [6.45, 7) is 11.3. The number of aliphatic hydroxyl groups is 1. The van der Waals surface area contributed by atoms with Gasteiger partial charge in [0.25, 0.3) is 0 Å². The monoisotopic (exact) mass is 500 g/mol. The summed E-state index contributed by atoms with van der Waals surface area (Å²) in [5.74, 6) is -0.906. The first-order chi connectivity index (χ1) is 16.4. The highest BCUT2D eigenvalue weighted by molar-refractivity contribution is 7.13. The molecule has 3 rings (SSSR count). The third kappa shape index (κ3) is 6.27. The second-order valence-electron chi connectivity index (χ2n) is 10.2. The number of amides is 3. The Bertz CT molecular complexity index is 1060. The van der Waals surface area contributed by atoms with Crippen LogP contribution in [0.25, 0.3) is 10.4 Å². The summed E-state index contributed by atoms with van der Waals surface area (Å²) in [5, 5.41) is 16.1. The number of benzene rings is 1. The highest BCUT2D eigenvalue weighted by atomic mass is 32.1. The van der Waals surface area contributed by atoms with Crippen LogP contribution in [0.1, 0.15) is 64.8 Å². The van der Waals surface area contributed by atoms with Gasteiger partial charge >= 0.3 is 0 Å². The Hall–Kier alpha value is -2.78. The number of hydrogen-bond donors (Lipinski definition) is 3. The number of aryl methyl sites for hydroxylation is 1. The fourth-order valence-electron chi connectivity index (χ4n) is 4.28. The van der Waals surface area contributed by atoms with Crippen LogP contribution in [0.4, 0.5) is 0 Å². The molecule has 1 fully saturated rings. The third-order valence-electron chi connectivity index (χ3n) is 6.38. The first kappa shape index (κ1) is 26.8. The smallest absolute Gasteiger partial charge is 0.246 e. The zero-order chi connectivity index (χ0) is 25.9. The van der Waals surface area contributed by atoms with Crippen molar-refractivity contribution in [3.63, 3.8) is 0 Å². The van der Waals surface area contributed by atoms with Gasteiger partial charge in [0.15, 0.2) is 0 Å². The van der Waals surface area contributed by atoms with Crippen LogP contribution in [0.5, 0.6) is 0 Å². The van der Waals surface area contributed by atoms with Gasteiger partial charge in [-0.3, -0.25) is 14.4 Å². The quantitative estimate of drug-likeness (QED) is 0.541. The lowest BCUT2D eigenvalue weighted by Gasteiger charge is -2.35. The van der Waals surface area contributed by atoms with Crippen LogP contribution in [0.3, 0.4) is 0 Å². The molecule has 8 nitrogen and oxygen atoms in total. The SMILES string of the molecule is CCC(=O)N[C@H](C(=O)N1C[C@@H](O)C[C@H]1C(=O)N[C@@H](C)c1ccc(-c2scnc2C)cc1)C(C)(C)C. The summed E-state index contributed by atoms with van der Waals surface area (Å²) in [7, 11) is 0. The largest absolute Gasteiger partial charge is 0.391 e. The molecule has 1 aliphatic heterocycles. The summed E-state index contributed by atoms with van der Waals surface area (Å²) >= 11 is 1.59. The van der Waals surface area contributed by atoms with Gasteiger partial charge in [-0.15, -0.1) is 11.3 Å². The molecule has 1 aliphatic rings. The number of hydrogen-bond acceptors (Lipinski definition) is 6. The molecule has 1 aromatic carbocycles. The number of β-amino-alcohol motifs (C(OH)–C–C–N with tert-alkyl or cyclic N) is 1. The number of thiazole rings is 1. The molecule has 35 heavy (non-hydrogen) atoms. The number of aliphatic hydroxyl groups excluding tert-OH is 1. The molecule has 9 heteroatoms. The van der Waals surface area contributed by atoms with Gasteiger partial charge in [-0.25, -0.2) is 4.98 Å². The molecule has 0 saturated carbocycles. The Morgan fingerprint density at radius 2 is 1.86 bits per heavy atom. The van der Waals surface area contributed by atoms with Gasteiger partial charge in [-0.1, -0.05) is 52.0 Å². The molecule has 0 radical (unpaired) electrons. The van der Waals surface area contributed by atoms with Gasteiger partial charge < -0.3 is 20.6 Å². The van der Waals surface area contributed by atoms with Crippen molar-refractivity contribution < 1.29 is 19.5 Å². The van der Waals surface area contributed by atoms with Crippen molar-refractivity contribution in [2.75, 3.05) is 6.54 Å². The van der Waals surface area contributed by atoms with E-state index in [1.165, 1.54) is 4.90 Å². The topological polar surface area (TPSA) is 112 Å². The summed E-state index contributed by atoms with van der Waals surface area (Å²) in [6.07, 6.45) is -0.382. The van der Waals surface area contributed by atoms with Crippen molar-refractivity contribution in [3.8, 4) is 10.4 Å². The van der Waals surface area contributed by atoms with Gasteiger partial charge in [-0.2, -0.15) is 0 Å². The number of nitrogens with zero attached hydrogens (tertiary/aromatic N) is 2. The Morgan fingerprint density at radius 1 is 1.20 bits per heavy atom. The predicted molar refractivity (Wildman–Crippen MR) is 137 cm³/mol. The van der Waals surface area contributed by atoms with E-state index in [4.69, 9.17) is 0 Å². The van der Waals surface area contributed by atoms with E-state index in [0.717, 1.165) is 21.7 Å². The van der Waals surface area contributed by atoms with Crippen molar-refractivity contribution in [1.82, 2.24) is 20.5 Å². The average Bonchev–Trinajstić information content (AvgIpc) is 3.41. The first-order valence-corrected chi connectivity index (χ1v) is 12.9. The predicted octanol–water partition coefficient (Wildman–Crippen LogP) is 3.20. The minimum Gasteiger partial charge on any atom is -0.391 e. The van der Waals surface area contributed by atoms with E-state index in [9.17, 15) is 19.5 Å². The third-order valence-corrected chi connectivity index (χ3v) is 7.36. The maximum atomic E-state index is 13.5. The standard InChI is InChI=1S/C26H36N4O4S/c1-7-21(32)29-23(26(4,5)6)25(34)30-13-19(31)12-20(30)24(33)28-15(2)17-8-10-18(11-9-17)22-16(3)27-14-35-22/h8-11,14-15,19-20,23,31H,7,12-13H2,1-6H3,(H,28,33)(H,29,32)/t15-,19-,20-,23+/m0/s1. The molecular formula is C26H36N4O4S. The second-order valence-corrected chi connectivity index (χ2v) is 11.1. The lowest BCUT2D eigenvalue weighted by atomic mass is 9.85. The van der Waals surface area contributed by atoms with Crippen LogP contribution in [-0.2, 0) is 14.4 Å². The number of nitrogens with one attached hydrogen (secondary N) is 2. The molecule has 4 atom stereocenters. The molecule has 2 heterocycles. The second kappa shape index (κ2) is 10.9. The molecule has 3 amide bonds. The van der Waals surface area contributed by atoms with Crippen LogP contribution >= 0.6 is 11.3 Å². The van der Waals surface area contributed by atoms with Gasteiger partial charge in [-0.05, 0) is 30.4 Å². The van der Waals surface area contributed by atoms with E-state index in [0.29, 0.717) is 0 Å². The normalized spacial score (nSPS) is 19.8. The highest BCUT2D eigenvalue weighted by Gasteiger charge is 2.44. The molecule has 1 saturated heterocycles. The van der Waals surface area contributed by atoms with Gasteiger partial charge in [0, 0.05) is 19.4 Å². The van der Waals surface area contributed by atoms with Crippen LogP contribution in [0.2, 0.25) is 0 Å². The zero-order valence-corrected chi connectivity index (χ0v) is 22.1. The van der Waals surface area contributed by atoms with Gasteiger partial charge in [0.2, 0.25) is 17.7 Å². The van der Waals surface area contributed by atoms with E-state index >= 15 is 0 Å². The Kier molecular flexibility index (Phi) is 8.33. The van der Waals surface area contributed by atoms with Crippen LogP contribution < -0.4 is 10.6 Å². The van der Waals surface area contributed by atoms with Crippen LogP contribution in [-0.4, -0.2) is 57.4 Å². The van der Waals surface area contributed by atoms with Crippen molar-refractivity contribution in [2.45, 2.75) is 78.6 Å². The van der Waals surface area contributed by atoms with Crippen LogP contribution in [0.15, 0.2) is 29.8 Å². The number of likely N-dealkylation sites (tertiary alicyclic amines) is 1. The first-order valence-electron chi connectivity index (χ1n) is 12.0. The molecule has 0 bridgehead atoms. The van der Waals surface area contributed by atoms with Gasteiger partial charge in [0.1, 0.15) is 12.1 Å². The van der Waals surface area contributed by atoms with E-state index in [2.05, 4.69) is 15.6 Å². The van der Waals surface area contributed by atoms with Crippen molar-refractivity contribution in [1.29, 1.82) is 0 Å². The van der Waals surface area contributed by atoms with Crippen molar-refractivity contribution in [2.24, 2.45) is 5.41 Å². The number of rotatable bonds is 7. The van der Waals surface area contributed by atoms with E-state index in [1.807, 2.05) is 64.4 Å². The van der Waals surface area contributed by atoms with E-state index in [1.54, 1.807) is 18.3 Å². The molecule has 0 spiro atoms.